The van der Waals surface area contributed by atoms with E-state index in [1.807, 2.05) is 0 Å². The highest BCUT2D eigenvalue weighted by Gasteiger charge is 2.34. The molecule has 0 aliphatic rings. The largest absolute Gasteiger partial charge is 0.378 e. The molecular weight excluding hydrogens is 444 g/mol. The van der Waals surface area contributed by atoms with Gasteiger partial charge in [0.15, 0.2) is 0 Å². The number of rotatable bonds is 10. The fraction of sp³-hybridized carbons (Fsp3) is 0.208. The van der Waals surface area contributed by atoms with Crippen molar-refractivity contribution < 1.29 is 13.9 Å². The molecule has 0 saturated heterocycles. The highest BCUT2D eigenvalue weighted by molar-refractivity contribution is 5.37. The number of aromatic nitrogens is 2. The van der Waals surface area contributed by atoms with Gasteiger partial charge in [0, 0.05) is 30.7 Å². The monoisotopic (exact) mass is 469 g/mol. The number of hydrazine groups is 1. The Labute approximate surface area is 194 Å². The smallest absolute Gasteiger partial charge is 0.328 e. The van der Waals surface area contributed by atoms with E-state index in [2.05, 4.69) is 16.7 Å². The average Bonchev–Trinajstić information content (AvgIpc) is 2.80. The normalized spacial score (nSPS) is 11.9. The second kappa shape index (κ2) is 10.8. The number of aliphatic hydroxyl groups is 1. The summed E-state index contributed by atoms with van der Waals surface area (Å²) in [5, 5.41) is 13.0. The number of aliphatic imine (C=N–C) groups is 1. The van der Waals surface area contributed by atoms with E-state index >= 15 is 0 Å². The minimum absolute atomic E-state index is 0.162. The summed E-state index contributed by atoms with van der Waals surface area (Å²) >= 11 is 0. The third-order valence-corrected chi connectivity index (χ3v) is 5.38. The summed E-state index contributed by atoms with van der Waals surface area (Å²) in [4.78, 5) is 29.1. The fourth-order valence-corrected chi connectivity index (χ4v) is 3.59. The van der Waals surface area contributed by atoms with Crippen molar-refractivity contribution in [2.45, 2.75) is 25.0 Å². The second-order valence-corrected chi connectivity index (χ2v) is 7.71. The molecule has 8 nitrogen and oxygen atoms in total. The van der Waals surface area contributed by atoms with Crippen molar-refractivity contribution in [2.24, 2.45) is 10.8 Å². The van der Waals surface area contributed by atoms with Crippen molar-refractivity contribution in [3.05, 3.63) is 116 Å². The van der Waals surface area contributed by atoms with Crippen LogP contribution in [0.5, 0.6) is 0 Å². The van der Waals surface area contributed by atoms with Gasteiger partial charge < -0.3 is 14.7 Å². The number of nitrogens with one attached hydrogen (secondary N) is 1. The van der Waals surface area contributed by atoms with E-state index in [0.717, 1.165) is 0 Å². The third-order valence-electron chi connectivity index (χ3n) is 5.38. The number of nitrogens with two attached hydrogens (primary N) is 1. The number of halogens is 2. The first kappa shape index (κ1) is 24.7. The molecule has 0 amide bonds. The highest BCUT2D eigenvalue weighted by atomic mass is 19.1. The SMILES string of the molecule is C=N/C=C(/CCCn1ccc(=O)[nH]c1=O)N(N)CC(O)(c1ccc(F)cc1)c1ccc(F)cc1. The summed E-state index contributed by atoms with van der Waals surface area (Å²) in [7, 11) is 0. The van der Waals surface area contributed by atoms with E-state index < -0.39 is 28.5 Å². The van der Waals surface area contributed by atoms with Crippen molar-refractivity contribution in [3.63, 3.8) is 0 Å². The first-order valence-electron chi connectivity index (χ1n) is 10.4. The van der Waals surface area contributed by atoms with E-state index in [-0.39, 0.29) is 6.54 Å². The van der Waals surface area contributed by atoms with Crippen LogP contribution in [-0.2, 0) is 12.1 Å². The number of nitrogens with zero attached hydrogens (tertiary/aromatic N) is 3. The lowest BCUT2D eigenvalue weighted by Gasteiger charge is -2.35. The van der Waals surface area contributed by atoms with Crippen LogP contribution in [0.4, 0.5) is 8.78 Å². The maximum absolute atomic E-state index is 13.5. The van der Waals surface area contributed by atoms with Gasteiger partial charge >= 0.3 is 5.69 Å². The molecule has 0 saturated carbocycles. The summed E-state index contributed by atoms with van der Waals surface area (Å²) in [6, 6.07) is 11.9. The van der Waals surface area contributed by atoms with Crippen LogP contribution in [0.25, 0.3) is 0 Å². The molecule has 3 aromatic rings. The Hall–Kier alpha value is -3.89. The number of allylic oxidation sites excluding steroid dienone is 1. The zero-order chi connectivity index (χ0) is 24.7. The number of hydrogen-bond acceptors (Lipinski definition) is 6. The van der Waals surface area contributed by atoms with Crippen molar-refractivity contribution in [3.8, 4) is 0 Å². The van der Waals surface area contributed by atoms with Gasteiger partial charge in [-0.2, -0.15) is 0 Å². The molecular formula is C24H25F2N5O3. The average molecular weight is 469 g/mol. The topological polar surface area (TPSA) is 117 Å². The predicted octanol–water partition coefficient (Wildman–Crippen LogP) is 2.25. The van der Waals surface area contributed by atoms with E-state index in [1.165, 1.54) is 76.6 Å². The van der Waals surface area contributed by atoms with Crippen LogP contribution in [0, 0.1) is 11.6 Å². The number of aryl methyl sites for hydroxylation is 1. The van der Waals surface area contributed by atoms with Crippen LogP contribution in [-0.4, -0.2) is 32.9 Å². The zero-order valence-electron chi connectivity index (χ0n) is 18.3. The molecule has 2 aromatic carbocycles. The van der Waals surface area contributed by atoms with Gasteiger partial charge in [-0.25, -0.2) is 19.4 Å². The Morgan fingerprint density at radius 3 is 2.15 bits per heavy atom. The molecule has 0 unspecified atom stereocenters. The van der Waals surface area contributed by atoms with Gasteiger partial charge in [0.05, 0.1) is 6.54 Å². The summed E-state index contributed by atoms with van der Waals surface area (Å²) in [6.07, 6.45) is 3.67. The molecule has 0 aliphatic carbocycles. The maximum atomic E-state index is 13.5. The summed E-state index contributed by atoms with van der Waals surface area (Å²) in [6.45, 7) is 3.60. The van der Waals surface area contributed by atoms with Gasteiger partial charge in [-0.1, -0.05) is 24.3 Å². The molecule has 0 radical (unpaired) electrons. The Bertz CT molecular complexity index is 1220. The van der Waals surface area contributed by atoms with E-state index in [9.17, 15) is 23.5 Å². The Morgan fingerprint density at radius 1 is 1.09 bits per heavy atom. The molecule has 0 atom stereocenters. The van der Waals surface area contributed by atoms with Gasteiger partial charge in [-0.3, -0.25) is 14.8 Å². The van der Waals surface area contributed by atoms with Crippen LogP contribution in [0.3, 0.4) is 0 Å². The fourth-order valence-electron chi connectivity index (χ4n) is 3.59. The molecule has 178 valence electrons. The number of hydrogen-bond donors (Lipinski definition) is 3. The lowest BCUT2D eigenvalue weighted by molar-refractivity contribution is 0.0449. The molecule has 0 spiro atoms. The first-order chi connectivity index (χ1) is 16.2. The number of aromatic amines is 1. The van der Waals surface area contributed by atoms with Crippen molar-refractivity contribution in [1.29, 1.82) is 0 Å². The molecule has 3 rings (SSSR count). The van der Waals surface area contributed by atoms with Crippen LogP contribution in [0.2, 0.25) is 0 Å². The van der Waals surface area contributed by atoms with Gasteiger partial charge in [0.2, 0.25) is 0 Å². The lowest BCUT2D eigenvalue weighted by atomic mass is 9.86. The van der Waals surface area contributed by atoms with E-state index in [0.29, 0.717) is 36.2 Å². The van der Waals surface area contributed by atoms with Crippen LogP contribution < -0.4 is 17.1 Å². The van der Waals surface area contributed by atoms with Gasteiger partial charge in [-0.15, -0.1) is 0 Å². The molecule has 0 bridgehead atoms. The maximum Gasteiger partial charge on any atom is 0.328 e. The summed E-state index contributed by atoms with van der Waals surface area (Å²) < 4.78 is 28.4. The number of H-pyrrole nitrogens is 1. The van der Waals surface area contributed by atoms with Crippen molar-refractivity contribution in [1.82, 2.24) is 14.6 Å². The third kappa shape index (κ3) is 5.91. The Kier molecular flexibility index (Phi) is 7.87. The van der Waals surface area contributed by atoms with Crippen LogP contribution in [0.1, 0.15) is 24.0 Å². The zero-order valence-corrected chi connectivity index (χ0v) is 18.3. The van der Waals surface area contributed by atoms with E-state index in [1.54, 1.807) is 0 Å². The summed E-state index contributed by atoms with van der Waals surface area (Å²) in [5.74, 6) is 5.37. The van der Waals surface area contributed by atoms with Crippen LogP contribution in [0.15, 0.2) is 87.3 Å². The molecule has 1 heterocycles. The molecule has 0 fully saturated rings. The second-order valence-electron chi connectivity index (χ2n) is 7.71. The van der Waals surface area contributed by atoms with Gasteiger partial charge in [0.1, 0.15) is 17.2 Å². The van der Waals surface area contributed by atoms with Gasteiger partial charge in [-0.05, 0) is 55.0 Å². The Morgan fingerprint density at radius 2 is 1.65 bits per heavy atom. The lowest BCUT2D eigenvalue weighted by Crippen LogP contribution is -2.45. The molecule has 4 N–H and O–H groups in total. The quantitative estimate of drug-likeness (QED) is 0.239. The first-order valence-corrected chi connectivity index (χ1v) is 10.4. The minimum Gasteiger partial charge on any atom is -0.378 e. The predicted molar refractivity (Wildman–Crippen MR) is 125 cm³/mol. The van der Waals surface area contributed by atoms with Crippen molar-refractivity contribution >= 4 is 6.72 Å². The van der Waals surface area contributed by atoms with Crippen LogP contribution >= 0.6 is 0 Å². The highest BCUT2D eigenvalue weighted by Crippen LogP contribution is 2.32. The summed E-state index contributed by atoms with van der Waals surface area (Å²) in [5.41, 5.74) is -1.47. The van der Waals surface area contributed by atoms with Gasteiger partial charge in [0.25, 0.3) is 5.56 Å². The minimum atomic E-state index is -1.70. The Balaban J connectivity index is 1.83. The van der Waals surface area contributed by atoms with E-state index in [4.69, 9.17) is 5.84 Å². The molecule has 34 heavy (non-hydrogen) atoms. The number of benzene rings is 2. The molecule has 1 aromatic heterocycles. The van der Waals surface area contributed by atoms with Crippen molar-refractivity contribution in [2.75, 3.05) is 6.54 Å². The molecule has 10 heteroatoms. The molecule has 0 aliphatic heterocycles. The standard InChI is InChI=1S/C24H25F2N5O3/c1-28-15-21(3-2-13-30-14-12-22(32)29-23(30)33)31(27)16-24(34,17-4-8-19(25)9-5-17)18-6-10-20(26)11-7-18/h4-12,14-15,34H,1-3,13,16,27H2,(H,29,32,33)/b21-15-.